The average Bonchev–Trinajstić information content (AvgIpc) is 0.772. The fraction of sp³-hybridized carbons (Fsp3) is 1.00. The minimum absolute atomic E-state index is 0.157. The van der Waals surface area contributed by atoms with E-state index >= 15 is 0 Å². The maximum atomic E-state index is 12.4. The third-order valence-electron chi connectivity index (χ3n) is 22.0. The predicted molar refractivity (Wildman–Crippen MR) is 417 cm³/mol. The minimum Gasteiger partial charge on any atom is -0.387 e. The second-order valence-corrected chi connectivity index (χ2v) is 35.5. The smallest absolute Gasteiger partial charge is 0.187 e. The highest BCUT2D eigenvalue weighted by Gasteiger charge is 2.59. The van der Waals surface area contributed by atoms with Gasteiger partial charge in [0.25, 0.3) is 0 Å². The number of ether oxygens (including phenoxy) is 14. The molecule has 0 aromatic heterocycles. The van der Waals surface area contributed by atoms with Crippen LogP contribution >= 0.6 is 47.0 Å². The molecule has 108 heavy (non-hydrogen) atoms. The maximum absolute atomic E-state index is 12.4. The monoisotopic (exact) mass is 1620 g/mol. The molecular weight excluding hydrogens is 1480 g/mol. The molecule has 22 rings (SSSR count). The largest absolute Gasteiger partial charge is 0.387 e. The second-order valence-electron chi connectivity index (χ2n) is 30.9. The van der Waals surface area contributed by atoms with Gasteiger partial charge in [0.15, 0.2) is 37.7 Å². The van der Waals surface area contributed by atoms with Gasteiger partial charge in [-0.15, -0.1) is 0 Å². The van der Waals surface area contributed by atoms with Gasteiger partial charge in [0, 0.05) is 37.2 Å². The molecule has 0 amide bonds. The van der Waals surface area contributed by atoms with E-state index in [1.54, 1.807) is 0 Å². The van der Waals surface area contributed by atoms with Crippen LogP contribution in [0.1, 0.15) is 233 Å². The van der Waals surface area contributed by atoms with E-state index in [1.807, 2.05) is 0 Å². The highest BCUT2D eigenvalue weighted by Crippen LogP contribution is 2.41. The normalized spacial score (nSPS) is 38.5. The van der Waals surface area contributed by atoms with E-state index < -0.39 is 184 Å². The number of thioether (sulfide) groups is 4. The molecule has 0 saturated carbocycles. The summed E-state index contributed by atoms with van der Waals surface area (Å²) in [5.41, 5.74) is 0. The van der Waals surface area contributed by atoms with Crippen LogP contribution in [0.3, 0.4) is 0 Å². The second kappa shape index (κ2) is 53.7. The molecule has 0 spiro atoms. The molecule has 636 valence electrons. The first-order chi connectivity index (χ1) is 52.4. The number of hydrogen-bond acceptors (Lipinski definition) is 30. The Hall–Kier alpha value is 0.360. The number of aliphatic hydroxyl groups excluding tert-OH is 12. The lowest BCUT2D eigenvalue weighted by Gasteiger charge is -2.51. The van der Waals surface area contributed by atoms with Crippen LogP contribution in [-0.4, -0.2) is 319 Å². The van der Waals surface area contributed by atoms with Gasteiger partial charge in [-0.25, -0.2) is 0 Å². The molecule has 26 nitrogen and oxygen atoms in total. The molecular formula is C78H144O26S4. The fourth-order valence-electron chi connectivity index (χ4n) is 15.3. The van der Waals surface area contributed by atoms with Crippen molar-refractivity contribution < 1.29 is 128 Å². The van der Waals surface area contributed by atoms with Gasteiger partial charge in [-0.3, -0.25) is 0 Å². The van der Waals surface area contributed by atoms with Gasteiger partial charge in [-0.1, -0.05) is 207 Å². The first kappa shape index (κ1) is 95.5. The molecule has 22 saturated heterocycles. The van der Waals surface area contributed by atoms with Crippen LogP contribution in [-0.2, 0) is 66.3 Å². The van der Waals surface area contributed by atoms with E-state index in [4.69, 9.17) is 66.3 Å². The molecule has 0 aromatic carbocycles. The third kappa shape index (κ3) is 30.0. The summed E-state index contributed by atoms with van der Waals surface area (Å²) in [4.78, 5) is 0. The quantitative estimate of drug-likeness (QED) is 0.0259. The molecule has 0 radical (unpaired) electrons. The van der Waals surface area contributed by atoms with Gasteiger partial charge in [0.2, 0.25) is 0 Å². The van der Waals surface area contributed by atoms with Crippen molar-refractivity contribution in [1.82, 2.24) is 0 Å². The van der Waals surface area contributed by atoms with Crippen LogP contribution in [0, 0.1) is 0 Å². The molecule has 0 aromatic rings. The van der Waals surface area contributed by atoms with Crippen molar-refractivity contribution in [1.29, 1.82) is 0 Å². The Balaban J connectivity index is 1.22. The summed E-state index contributed by atoms with van der Waals surface area (Å²) in [6.45, 7) is 8.19. The Morgan fingerprint density at radius 3 is 0.537 bits per heavy atom. The number of aliphatic hydroxyl groups is 12. The molecule has 0 aliphatic carbocycles. The Morgan fingerprint density at radius 1 is 0.204 bits per heavy atom. The van der Waals surface area contributed by atoms with E-state index in [2.05, 4.69) is 27.7 Å². The molecule has 30 heteroatoms. The zero-order valence-corrected chi connectivity index (χ0v) is 69.0. The van der Waals surface area contributed by atoms with E-state index in [9.17, 15) is 61.3 Å². The summed E-state index contributed by atoms with van der Waals surface area (Å²) in [5.74, 6) is 3.38. The van der Waals surface area contributed by atoms with Crippen molar-refractivity contribution in [2.75, 3.05) is 73.5 Å². The Kier molecular flexibility index (Phi) is 47.5. The molecule has 22 fully saturated rings. The molecule has 22 aliphatic heterocycles. The van der Waals surface area contributed by atoms with Crippen LogP contribution in [0.2, 0.25) is 0 Å². The van der Waals surface area contributed by atoms with Gasteiger partial charge in [0.05, 0.1) is 37.6 Å². The summed E-state index contributed by atoms with van der Waals surface area (Å²) in [6, 6.07) is 0. The van der Waals surface area contributed by atoms with Crippen LogP contribution in [0.25, 0.3) is 0 Å². The van der Waals surface area contributed by atoms with Crippen molar-refractivity contribution in [3.8, 4) is 0 Å². The Bertz CT molecular complexity index is 2080. The standard InChI is InChI=1S/C78H144O26S4/c1-7-11-15-19-23-27-31-35-39-105-45-51-69-59(83)65(89)77(97-51)103-71-53(47-107-41-37-33-29-25-21-17-13-9-3)95-75(63(87)57(71)81)100-68-50(44-92-6)94-74(62(86)56(68)80)102-70-52(46-106-40-36-32-28-24-20-16-12-8-2)98-78(66(90)60(70)84)104-72-54(48-108-42-38-34-30-26-22-18-14-10-4)96-76(64(88)58(72)82)99-67-49(43-91-5)93-73(101-69)61(85)55(67)79/h49-90H,7-48H2,1-6H3/t49-,50-,51-,52-,53-,54-,55-,56-,57-,58-,59-,60-,61-,62-,63-,64-,65-,66-,67-,68-,69-,70-,71-,72-,73-,74-,75-,76-,77-,78-/m1/s1. The van der Waals surface area contributed by atoms with Crippen LogP contribution in [0.4, 0.5) is 0 Å². The van der Waals surface area contributed by atoms with Crippen molar-refractivity contribution in [2.24, 2.45) is 0 Å². The summed E-state index contributed by atoms with van der Waals surface area (Å²) >= 11 is 6.05. The van der Waals surface area contributed by atoms with E-state index in [-0.39, 0.29) is 36.2 Å². The van der Waals surface area contributed by atoms with E-state index in [0.29, 0.717) is 23.0 Å². The topological polar surface area (TPSA) is 372 Å². The lowest BCUT2D eigenvalue weighted by Crippen LogP contribution is -2.69. The highest BCUT2D eigenvalue weighted by atomic mass is 32.2. The Morgan fingerprint density at radius 2 is 0.361 bits per heavy atom. The summed E-state index contributed by atoms with van der Waals surface area (Å²) < 4.78 is 89.6. The van der Waals surface area contributed by atoms with Crippen LogP contribution in [0.5, 0.6) is 0 Å². The van der Waals surface area contributed by atoms with Crippen molar-refractivity contribution in [3.05, 3.63) is 0 Å². The molecule has 0 unspecified atom stereocenters. The average molecular weight is 1630 g/mol. The number of methoxy groups -OCH3 is 2. The van der Waals surface area contributed by atoms with E-state index in [1.165, 1.54) is 138 Å². The third-order valence-corrected chi connectivity index (χ3v) is 26.5. The van der Waals surface area contributed by atoms with Crippen LogP contribution < -0.4 is 0 Å². The van der Waals surface area contributed by atoms with Gasteiger partial charge in [-0.2, -0.15) is 47.0 Å². The minimum atomic E-state index is -1.94. The van der Waals surface area contributed by atoms with Gasteiger partial charge in [-0.05, 0) is 48.7 Å². The predicted octanol–water partition coefficient (Wildman–Crippen LogP) is 7.78. The highest BCUT2D eigenvalue weighted by molar-refractivity contribution is 7.99. The fourth-order valence-corrected chi connectivity index (χ4v) is 19.6. The summed E-state index contributed by atoms with van der Waals surface area (Å²) in [7, 11) is 2.76. The number of hydrogen-bond donors (Lipinski definition) is 12. The molecule has 22 heterocycles. The molecule has 12 N–H and O–H groups in total. The number of rotatable bonds is 48. The summed E-state index contributed by atoms with van der Waals surface area (Å²) in [6.07, 6.45) is -13.8. The molecule has 22 aliphatic rings. The van der Waals surface area contributed by atoms with Crippen LogP contribution in [0.15, 0.2) is 0 Å². The summed E-state index contributed by atoms with van der Waals surface area (Å²) in [5, 5.41) is 147. The van der Waals surface area contributed by atoms with Crippen molar-refractivity contribution in [2.45, 2.75) is 417 Å². The van der Waals surface area contributed by atoms with Crippen molar-refractivity contribution >= 4 is 47.0 Å². The zero-order chi connectivity index (χ0) is 77.7. The lowest BCUT2D eigenvalue weighted by atomic mass is 9.95. The zero-order valence-electron chi connectivity index (χ0n) is 65.7. The molecule has 30 atom stereocenters. The number of unbranched alkanes of at least 4 members (excludes halogenated alkanes) is 28. The van der Waals surface area contributed by atoms with Gasteiger partial charge >= 0.3 is 0 Å². The van der Waals surface area contributed by atoms with Crippen molar-refractivity contribution in [3.63, 3.8) is 0 Å². The lowest BCUT2D eigenvalue weighted by molar-refractivity contribution is -0.399. The molecule has 12 bridgehead atoms. The van der Waals surface area contributed by atoms with Gasteiger partial charge < -0.3 is 128 Å². The van der Waals surface area contributed by atoms with E-state index in [0.717, 1.165) is 128 Å². The maximum Gasteiger partial charge on any atom is 0.187 e. The van der Waals surface area contributed by atoms with Gasteiger partial charge in [0.1, 0.15) is 122 Å². The SMILES string of the molecule is CCCCCCCCCCSC[C@H]1O[C@@H]2O[C@H]3[C@H](O)[C@@H](O)[C@@H](O[C@H]4[C@H](O)[C@@H](O)[C@@H](O[C@H]5[C@H](O)[C@@H](O)[C@@H](O[C@H]6[C@H](O)[C@@H](O)[C@@H](O[C@H]7[C@H](O)[C@@H](O)[C@@H](O[C@H]1[C@H](O)[C@H]2O)O[C@@H]7COC)O[C@@H]6CSCCCCCCCCCC)O[C@@H]5CSCCCCCCCCCC)O[C@@H]4COC)O[C@@H]3CSCCCCCCCCCC. The first-order valence-corrected chi connectivity index (χ1v) is 46.4. The first-order valence-electron chi connectivity index (χ1n) is 41.7. The Labute approximate surface area is 661 Å².